The number of sulfonamides is 2. The predicted octanol–water partition coefficient (Wildman–Crippen LogP) is 9.01. The molecule has 428 valence electrons. The largest absolute Gasteiger partial charge is 0.465 e. The summed E-state index contributed by atoms with van der Waals surface area (Å²) in [5, 5.41) is 3.30. The molecule has 4 aromatic rings. The summed E-state index contributed by atoms with van der Waals surface area (Å²) in [5.41, 5.74) is -0.961. The minimum atomic E-state index is -4.06. The molecule has 78 heavy (non-hydrogen) atoms. The molecule has 0 bridgehead atoms. The first-order valence-electron chi connectivity index (χ1n) is 24.1. The van der Waals surface area contributed by atoms with Gasteiger partial charge < -0.3 is 34.1 Å². The Morgan fingerprint density at radius 2 is 1.03 bits per heavy atom. The summed E-state index contributed by atoms with van der Waals surface area (Å²) in [7, 11) is -5.77. The zero-order valence-corrected chi connectivity index (χ0v) is 47.6. The summed E-state index contributed by atoms with van der Waals surface area (Å²) in [6, 6.07) is 13.9. The number of anilines is 2. The number of carbonyl (C=O) groups excluding carboxylic acids is 4. The van der Waals surface area contributed by atoms with E-state index in [0.717, 1.165) is 85.4 Å². The Morgan fingerprint density at radius 1 is 0.615 bits per heavy atom. The number of carbonyl (C=O) groups is 4. The van der Waals surface area contributed by atoms with E-state index < -0.39 is 80.0 Å². The van der Waals surface area contributed by atoms with Crippen molar-refractivity contribution >= 4 is 78.7 Å². The standard InChI is InChI=1S/C26H32ClF2N3O6S.C17H14ClF2NO4S.C9H18N2O2/c1-26(2,3)38-25(34)31-11-9-30(10-12-31)13-14-39(35,36)32(20-7-8-22(28)21(27)16-20)17-19-6-5-18(15-23(19)29)24(33)37-4;1-3-26(23,24)21(13-6-7-15(19)14(18)9-13)10-12-5-4-11(8-16(12)20)17(22)25-2;1-9(2,3)13-8(12)11-6-4-10-5-7-11/h5-8,15-16H,9-14,17H2,1-4H3;3-9H,1,10H2,2H3;10H,4-7H2,1-3H3. The van der Waals surface area contributed by atoms with E-state index in [1.807, 2.05) is 25.7 Å². The van der Waals surface area contributed by atoms with E-state index in [1.165, 1.54) is 36.4 Å². The SMILES string of the molecule is C=CS(=O)(=O)N(Cc1ccc(C(=O)OC)cc1F)c1ccc(F)c(Cl)c1.CC(C)(C)OC(=O)N1CCNCC1.COC(=O)c1ccc(CN(c2ccc(F)c(Cl)c2)S(=O)(=O)CCN2CCN(C(=O)OC(C)(C)C)CC2)c(F)c1. The van der Waals surface area contributed by atoms with Gasteiger partial charge in [0.05, 0.1) is 65.6 Å². The average Bonchev–Trinajstić information content (AvgIpc) is 3.38. The Kier molecular flexibility index (Phi) is 23.2. The molecule has 2 amide bonds. The van der Waals surface area contributed by atoms with Crippen molar-refractivity contribution in [3.63, 3.8) is 0 Å². The molecule has 2 heterocycles. The first-order valence-corrected chi connectivity index (χ1v) is 27.9. The fraction of sp³-hybridized carbons (Fsp3) is 0.423. The molecular weight excluding hydrogens is 1110 g/mol. The molecule has 0 saturated carbocycles. The molecule has 26 heteroatoms. The Bertz CT molecular complexity index is 3010. The maximum atomic E-state index is 14.9. The van der Waals surface area contributed by atoms with Gasteiger partial charge in [-0.3, -0.25) is 13.5 Å². The molecule has 18 nitrogen and oxygen atoms in total. The Hall–Kier alpha value is -6.18. The number of ether oxygens (including phenoxy) is 4. The Balaban J connectivity index is 0.000000287. The van der Waals surface area contributed by atoms with Crippen molar-refractivity contribution in [3.8, 4) is 0 Å². The van der Waals surface area contributed by atoms with Crippen LogP contribution in [0, 0.1) is 23.3 Å². The van der Waals surface area contributed by atoms with E-state index in [2.05, 4.69) is 21.4 Å². The molecule has 2 aliphatic heterocycles. The van der Waals surface area contributed by atoms with Crippen molar-refractivity contribution in [3.05, 3.63) is 140 Å². The van der Waals surface area contributed by atoms with Crippen LogP contribution in [0.1, 0.15) is 73.4 Å². The fourth-order valence-corrected chi connectivity index (χ4v) is 9.94. The number of amides is 2. The highest BCUT2D eigenvalue weighted by Crippen LogP contribution is 2.30. The van der Waals surface area contributed by atoms with Gasteiger partial charge in [-0.15, -0.1) is 0 Å². The quantitative estimate of drug-likeness (QED) is 0.0712. The van der Waals surface area contributed by atoms with Gasteiger partial charge >= 0.3 is 24.1 Å². The normalized spacial score (nSPS) is 14.1. The van der Waals surface area contributed by atoms with Crippen LogP contribution in [0.2, 0.25) is 10.0 Å². The second kappa shape index (κ2) is 28.1. The number of halogens is 6. The molecule has 0 aromatic heterocycles. The summed E-state index contributed by atoms with van der Waals surface area (Å²) < 4.78 is 130. The maximum Gasteiger partial charge on any atom is 0.410 e. The van der Waals surface area contributed by atoms with Crippen LogP contribution in [0.3, 0.4) is 0 Å². The lowest BCUT2D eigenvalue weighted by Crippen LogP contribution is -2.51. The van der Waals surface area contributed by atoms with Crippen molar-refractivity contribution in [2.75, 3.05) is 87.5 Å². The van der Waals surface area contributed by atoms with E-state index in [0.29, 0.717) is 31.6 Å². The Labute approximate surface area is 462 Å². The highest BCUT2D eigenvalue weighted by molar-refractivity contribution is 7.95. The van der Waals surface area contributed by atoms with Gasteiger partial charge in [-0.2, -0.15) is 0 Å². The molecule has 0 atom stereocenters. The monoisotopic (exact) mass is 1170 g/mol. The zero-order chi connectivity index (χ0) is 58.3. The van der Waals surface area contributed by atoms with Crippen LogP contribution >= 0.6 is 23.2 Å². The maximum absolute atomic E-state index is 14.9. The number of hydrogen-bond acceptors (Lipinski definition) is 14. The van der Waals surface area contributed by atoms with Crippen LogP contribution in [-0.2, 0) is 52.1 Å². The first kappa shape index (κ1) is 64.3. The van der Waals surface area contributed by atoms with Crippen molar-refractivity contribution in [1.82, 2.24) is 20.0 Å². The lowest BCUT2D eigenvalue weighted by molar-refractivity contribution is 0.0148. The van der Waals surface area contributed by atoms with E-state index in [1.54, 1.807) is 30.6 Å². The third-order valence-corrected chi connectivity index (χ3v) is 14.9. The van der Waals surface area contributed by atoms with Gasteiger partial charge in [0, 0.05) is 75.4 Å². The molecule has 2 aliphatic rings. The third kappa shape index (κ3) is 19.3. The van der Waals surface area contributed by atoms with E-state index in [4.69, 9.17) is 32.7 Å². The van der Waals surface area contributed by atoms with Crippen LogP contribution < -0.4 is 13.9 Å². The van der Waals surface area contributed by atoms with E-state index in [-0.39, 0.29) is 67.7 Å². The summed E-state index contributed by atoms with van der Waals surface area (Å²) in [5.74, 6) is -4.83. The second-order valence-corrected chi connectivity index (χ2v) is 24.0. The van der Waals surface area contributed by atoms with Gasteiger partial charge in [0.25, 0.3) is 10.0 Å². The number of esters is 2. The Morgan fingerprint density at radius 3 is 1.41 bits per heavy atom. The lowest BCUT2D eigenvalue weighted by atomic mass is 10.1. The van der Waals surface area contributed by atoms with Crippen molar-refractivity contribution < 1.29 is 72.5 Å². The smallest absolute Gasteiger partial charge is 0.410 e. The second-order valence-electron chi connectivity index (χ2n) is 19.4. The fourth-order valence-electron chi connectivity index (χ4n) is 7.21. The number of piperazine rings is 2. The van der Waals surface area contributed by atoms with E-state index in [9.17, 15) is 53.6 Å². The number of nitrogens with one attached hydrogen (secondary N) is 1. The van der Waals surface area contributed by atoms with Crippen LogP contribution in [0.4, 0.5) is 38.5 Å². The van der Waals surface area contributed by atoms with Crippen LogP contribution in [0.25, 0.3) is 0 Å². The molecule has 6 rings (SSSR count). The van der Waals surface area contributed by atoms with Gasteiger partial charge in [0.2, 0.25) is 10.0 Å². The highest BCUT2D eigenvalue weighted by atomic mass is 35.5. The zero-order valence-electron chi connectivity index (χ0n) is 44.4. The lowest BCUT2D eigenvalue weighted by Gasteiger charge is -2.36. The van der Waals surface area contributed by atoms with Gasteiger partial charge in [-0.25, -0.2) is 53.6 Å². The minimum Gasteiger partial charge on any atom is -0.465 e. The average molecular weight is 1180 g/mol. The molecule has 1 N–H and O–H groups in total. The van der Waals surface area contributed by atoms with Crippen molar-refractivity contribution in [1.29, 1.82) is 0 Å². The predicted molar refractivity (Wildman–Crippen MR) is 288 cm³/mol. The molecule has 2 saturated heterocycles. The molecule has 4 aromatic carbocycles. The highest BCUT2D eigenvalue weighted by Gasteiger charge is 2.30. The molecule has 0 spiro atoms. The summed E-state index contributed by atoms with van der Waals surface area (Å²) in [6.45, 7) is 18.4. The van der Waals surface area contributed by atoms with Crippen molar-refractivity contribution in [2.24, 2.45) is 0 Å². The molecule has 2 fully saturated rings. The summed E-state index contributed by atoms with van der Waals surface area (Å²) in [4.78, 5) is 52.2. The number of benzene rings is 4. The van der Waals surface area contributed by atoms with Gasteiger partial charge in [0.15, 0.2) is 0 Å². The van der Waals surface area contributed by atoms with Gasteiger partial charge in [-0.05, 0) is 102 Å². The number of hydrogen-bond donors (Lipinski definition) is 1. The number of methoxy groups -OCH3 is 2. The molecule has 0 unspecified atom stereocenters. The molecule has 0 radical (unpaired) electrons. The van der Waals surface area contributed by atoms with Crippen LogP contribution in [0.15, 0.2) is 84.8 Å². The summed E-state index contributed by atoms with van der Waals surface area (Å²) >= 11 is 11.6. The third-order valence-electron chi connectivity index (χ3n) is 11.3. The number of rotatable bonds is 14. The van der Waals surface area contributed by atoms with Crippen LogP contribution in [0.5, 0.6) is 0 Å². The van der Waals surface area contributed by atoms with Crippen LogP contribution in [-0.4, -0.2) is 146 Å². The topological polar surface area (TPSA) is 202 Å². The van der Waals surface area contributed by atoms with E-state index >= 15 is 0 Å². The summed E-state index contributed by atoms with van der Waals surface area (Å²) in [6.07, 6.45) is -0.622. The van der Waals surface area contributed by atoms with Gasteiger partial charge in [0.1, 0.15) is 34.5 Å². The van der Waals surface area contributed by atoms with Gasteiger partial charge in [-0.1, -0.05) is 41.9 Å². The molecule has 0 aliphatic carbocycles. The minimum absolute atomic E-state index is 0.00218. The molecular formula is C52H64Cl2F4N6O12S2. The number of nitrogens with zero attached hydrogens (tertiary/aromatic N) is 5. The van der Waals surface area contributed by atoms with Crippen molar-refractivity contribution in [2.45, 2.75) is 65.8 Å². The first-order chi connectivity index (χ1) is 36.4.